The minimum absolute atomic E-state index is 0.236. The molecule has 39 heavy (non-hydrogen) atoms. The molecule has 0 radical (unpaired) electrons. The van der Waals surface area contributed by atoms with Gasteiger partial charge >= 0.3 is 0 Å². The number of benzene rings is 2. The molecule has 3 aromatic rings. The summed E-state index contributed by atoms with van der Waals surface area (Å²) in [6.07, 6.45) is 9.18. The number of hydrogen-bond acceptors (Lipinski definition) is 6. The summed E-state index contributed by atoms with van der Waals surface area (Å²) in [6.45, 7) is 5.64. The first-order valence-corrected chi connectivity index (χ1v) is 14.2. The fraction of sp³-hybridized carbons (Fsp3) is 0.469. The number of nitriles is 1. The number of carbonyl (C=O) groups is 1. The van der Waals surface area contributed by atoms with Crippen molar-refractivity contribution in [1.29, 1.82) is 5.26 Å². The number of nitrogens with one attached hydrogen (secondary N) is 1. The van der Waals surface area contributed by atoms with Crippen LogP contribution in [-0.4, -0.2) is 49.1 Å². The lowest BCUT2D eigenvalue weighted by Gasteiger charge is -2.33. The van der Waals surface area contributed by atoms with E-state index in [0.717, 1.165) is 63.1 Å². The number of oxazole rings is 1. The highest BCUT2D eigenvalue weighted by molar-refractivity contribution is 5.92. The number of rotatable bonds is 9. The van der Waals surface area contributed by atoms with E-state index >= 15 is 0 Å². The highest BCUT2D eigenvalue weighted by atomic mass is 16.5. The van der Waals surface area contributed by atoms with Gasteiger partial charge in [0.25, 0.3) is 5.91 Å². The summed E-state index contributed by atoms with van der Waals surface area (Å²) < 4.78 is 11.7. The van der Waals surface area contributed by atoms with Crippen molar-refractivity contribution < 1.29 is 13.9 Å². The Balaban J connectivity index is 1.05. The third-order valence-electron chi connectivity index (χ3n) is 8.19. The number of aromatic nitrogens is 1. The summed E-state index contributed by atoms with van der Waals surface area (Å²) in [6, 6.07) is 13.7. The molecule has 0 bridgehead atoms. The predicted molar refractivity (Wildman–Crippen MR) is 151 cm³/mol. The van der Waals surface area contributed by atoms with Crippen LogP contribution >= 0.6 is 0 Å². The molecule has 1 N–H and O–H groups in total. The summed E-state index contributed by atoms with van der Waals surface area (Å²) >= 11 is 0. The Morgan fingerprint density at radius 2 is 1.90 bits per heavy atom. The second-order valence-corrected chi connectivity index (χ2v) is 10.7. The van der Waals surface area contributed by atoms with Crippen molar-refractivity contribution in [3.63, 3.8) is 0 Å². The summed E-state index contributed by atoms with van der Waals surface area (Å²) in [5, 5.41) is 11.9. The van der Waals surface area contributed by atoms with Crippen molar-refractivity contribution in [1.82, 2.24) is 15.2 Å². The summed E-state index contributed by atoms with van der Waals surface area (Å²) in [7, 11) is 1.83. The zero-order valence-corrected chi connectivity index (χ0v) is 23.1. The predicted octanol–water partition coefficient (Wildman–Crippen LogP) is 5.80. The summed E-state index contributed by atoms with van der Waals surface area (Å²) in [5.74, 6) is 2.13. The van der Waals surface area contributed by atoms with Gasteiger partial charge in [-0.05, 0) is 125 Å². The Morgan fingerprint density at radius 3 is 2.64 bits per heavy atom. The Kier molecular flexibility index (Phi) is 8.63. The first-order chi connectivity index (χ1) is 19.1. The molecular formula is C32H38N4O3. The van der Waals surface area contributed by atoms with E-state index in [4.69, 9.17) is 14.4 Å². The van der Waals surface area contributed by atoms with Gasteiger partial charge in [0.1, 0.15) is 5.75 Å². The van der Waals surface area contributed by atoms with Gasteiger partial charge in [0.2, 0.25) is 11.7 Å². The van der Waals surface area contributed by atoms with E-state index in [1.54, 1.807) is 31.2 Å². The molecule has 1 aromatic heterocycles. The van der Waals surface area contributed by atoms with E-state index in [2.05, 4.69) is 33.4 Å². The molecule has 2 aliphatic rings. The second-order valence-electron chi connectivity index (χ2n) is 10.7. The monoisotopic (exact) mass is 526 g/mol. The molecule has 1 fully saturated rings. The first-order valence-electron chi connectivity index (χ1n) is 14.2. The van der Waals surface area contributed by atoms with Gasteiger partial charge in [-0.3, -0.25) is 4.79 Å². The fourth-order valence-corrected chi connectivity index (χ4v) is 6.00. The quantitative estimate of drug-likeness (QED) is 0.355. The lowest BCUT2D eigenvalue weighted by atomic mass is 9.83. The molecule has 0 atom stereocenters. The molecule has 2 aromatic carbocycles. The number of nitrogens with zero attached hydrogens (tertiary/aromatic N) is 3. The maximum Gasteiger partial charge on any atom is 0.289 e. The van der Waals surface area contributed by atoms with Crippen LogP contribution in [0.4, 0.5) is 0 Å². The van der Waals surface area contributed by atoms with Crippen molar-refractivity contribution in [2.45, 2.75) is 64.2 Å². The maximum atomic E-state index is 12.7. The fourth-order valence-electron chi connectivity index (χ4n) is 6.00. The third kappa shape index (κ3) is 6.17. The molecule has 7 nitrogen and oxygen atoms in total. The number of piperidine rings is 1. The lowest BCUT2D eigenvalue weighted by Crippen LogP contribution is -2.34. The average molecular weight is 527 g/mol. The van der Waals surface area contributed by atoms with Crippen LogP contribution in [0.1, 0.15) is 82.9 Å². The van der Waals surface area contributed by atoms with Crippen molar-refractivity contribution >= 4 is 5.91 Å². The molecule has 1 aliphatic carbocycles. The number of aryl methyl sites for hydroxylation is 2. The van der Waals surface area contributed by atoms with Crippen LogP contribution in [0, 0.1) is 18.3 Å². The topological polar surface area (TPSA) is 91.4 Å². The zero-order valence-electron chi connectivity index (χ0n) is 23.1. The molecule has 0 saturated carbocycles. The third-order valence-corrected chi connectivity index (χ3v) is 8.19. The minimum atomic E-state index is -0.236. The van der Waals surface area contributed by atoms with Gasteiger partial charge in [0, 0.05) is 12.1 Å². The summed E-state index contributed by atoms with van der Waals surface area (Å²) in [5.41, 5.74) is 6.22. The highest BCUT2D eigenvalue weighted by Gasteiger charge is 2.26. The molecular weight excluding hydrogens is 488 g/mol. The number of likely N-dealkylation sites (tertiary alicyclic amines) is 1. The number of fused-ring (bicyclic) bond motifs is 1. The highest BCUT2D eigenvalue weighted by Crippen LogP contribution is 2.40. The van der Waals surface area contributed by atoms with Crippen LogP contribution in [0.15, 0.2) is 40.8 Å². The number of hydrogen-bond donors (Lipinski definition) is 1. The number of amides is 1. The smallest absolute Gasteiger partial charge is 0.289 e. The Bertz CT molecular complexity index is 1330. The first kappa shape index (κ1) is 27.0. The molecule has 2 heterocycles. The Labute approximate surface area is 231 Å². The van der Waals surface area contributed by atoms with Crippen LogP contribution < -0.4 is 10.1 Å². The molecule has 204 valence electrons. The molecule has 7 heteroatoms. The van der Waals surface area contributed by atoms with E-state index in [1.165, 1.54) is 36.0 Å². The standard InChI is InChI=1S/C32H38N4O3/c1-22-29(39-32(35-22)26-11-9-23(21-33)10-12-26)31(37)34-17-5-6-18-36-19-15-25(16-20-36)28-14-13-24-7-3-4-8-27(24)30(28)38-2/h9-14,25H,3-8,15-20H2,1-2H3,(H,34,37). The normalized spacial score (nSPS) is 15.9. The average Bonchev–Trinajstić information content (AvgIpc) is 3.38. The zero-order chi connectivity index (χ0) is 27.2. The number of ether oxygens (including phenoxy) is 1. The van der Waals surface area contributed by atoms with Crippen LogP contribution in [-0.2, 0) is 12.8 Å². The Morgan fingerprint density at radius 1 is 1.13 bits per heavy atom. The molecule has 0 spiro atoms. The van der Waals surface area contributed by atoms with E-state index in [9.17, 15) is 4.79 Å². The largest absolute Gasteiger partial charge is 0.496 e. The van der Waals surface area contributed by atoms with E-state index < -0.39 is 0 Å². The number of carbonyl (C=O) groups excluding carboxylic acids is 1. The molecule has 0 unspecified atom stereocenters. The molecule has 1 aliphatic heterocycles. The van der Waals surface area contributed by atoms with Crippen molar-refractivity contribution in [3.8, 4) is 23.3 Å². The van der Waals surface area contributed by atoms with Crippen molar-refractivity contribution in [3.05, 3.63) is 70.1 Å². The molecule has 1 saturated heterocycles. The maximum absolute atomic E-state index is 12.7. The van der Waals surface area contributed by atoms with Crippen LogP contribution in [0.2, 0.25) is 0 Å². The van der Waals surface area contributed by atoms with Crippen molar-refractivity contribution in [2.24, 2.45) is 0 Å². The van der Waals surface area contributed by atoms with Crippen molar-refractivity contribution in [2.75, 3.05) is 33.3 Å². The van der Waals surface area contributed by atoms with Gasteiger partial charge < -0.3 is 19.4 Å². The lowest BCUT2D eigenvalue weighted by molar-refractivity contribution is 0.0924. The van der Waals surface area contributed by atoms with E-state index in [1.807, 2.05) is 7.11 Å². The van der Waals surface area contributed by atoms with Gasteiger partial charge in [-0.25, -0.2) is 4.98 Å². The van der Waals surface area contributed by atoms with E-state index in [-0.39, 0.29) is 11.7 Å². The second kappa shape index (κ2) is 12.5. The van der Waals surface area contributed by atoms with Crippen LogP contribution in [0.3, 0.4) is 0 Å². The van der Waals surface area contributed by atoms with Crippen LogP contribution in [0.5, 0.6) is 5.75 Å². The SMILES string of the molecule is COc1c(C2CCN(CCCCNC(=O)c3oc(-c4ccc(C#N)cc4)nc3C)CC2)ccc2c1CCCC2. The van der Waals surface area contributed by atoms with Gasteiger partial charge in [-0.15, -0.1) is 0 Å². The van der Waals surface area contributed by atoms with Gasteiger partial charge in [0.05, 0.1) is 24.4 Å². The van der Waals surface area contributed by atoms with Gasteiger partial charge in [-0.1, -0.05) is 12.1 Å². The van der Waals surface area contributed by atoms with Gasteiger partial charge in [0.15, 0.2) is 0 Å². The minimum Gasteiger partial charge on any atom is -0.496 e. The number of methoxy groups -OCH3 is 1. The van der Waals surface area contributed by atoms with E-state index in [0.29, 0.717) is 29.6 Å². The molecule has 1 amide bonds. The summed E-state index contributed by atoms with van der Waals surface area (Å²) in [4.78, 5) is 19.6. The van der Waals surface area contributed by atoms with Crippen LogP contribution in [0.25, 0.3) is 11.5 Å². The van der Waals surface area contributed by atoms with Gasteiger partial charge in [-0.2, -0.15) is 5.26 Å². The Hall–Kier alpha value is -3.63. The number of unbranched alkanes of at least 4 members (excludes halogenated alkanes) is 1. The molecule has 5 rings (SSSR count).